The van der Waals surface area contributed by atoms with Crippen LogP contribution in [0.2, 0.25) is 0 Å². The molecule has 4 heteroatoms. The van der Waals surface area contributed by atoms with Crippen molar-refractivity contribution < 1.29 is 14.3 Å². The Bertz CT molecular complexity index is 456. The molecule has 0 aliphatic heterocycles. The Balaban J connectivity index is 1.77. The van der Waals surface area contributed by atoms with Crippen LogP contribution in [0.4, 0.5) is 4.39 Å². The van der Waals surface area contributed by atoms with E-state index in [1.54, 1.807) is 12.1 Å². The highest BCUT2D eigenvalue weighted by Gasteiger charge is 2.25. The largest absolute Gasteiger partial charge is 0.481 e. The van der Waals surface area contributed by atoms with E-state index >= 15 is 0 Å². The fourth-order valence-corrected chi connectivity index (χ4v) is 2.85. The monoisotopic (exact) mass is 279 g/mol. The van der Waals surface area contributed by atoms with E-state index in [1.165, 1.54) is 6.07 Å². The van der Waals surface area contributed by atoms with Gasteiger partial charge in [0.15, 0.2) is 0 Å². The molecule has 1 aromatic carbocycles. The molecule has 1 saturated carbocycles. The van der Waals surface area contributed by atoms with Crippen LogP contribution in [0.25, 0.3) is 0 Å². The molecular formula is C16H22FNO2. The second-order valence-electron chi connectivity index (χ2n) is 5.74. The van der Waals surface area contributed by atoms with Gasteiger partial charge >= 0.3 is 5.97 Å². The van der Waals surface area contributed by atoms with Crippen molar-refractivity contribution in [3.8, 4) is 0 Å². The van der Waals surface area contributed by atoms with E-state index in [4.69, 9.17) is 5.11 Å². The van der Waals surface area contributed by atoms with Crippen LogP contribution in [-0.4, -0.2) is 17.6 Å². The molecule has 0 radical (unpaired) electrons. The molecule has 3 nitrogen and oxygen atoms in total. The number of hydrogen-bond acceptors (Lipinski definition) is 2. The molecule has 1 aromatic rings. The van der Waals surface area contributed by atoms with Crippen molar-refractivity contribution in [3.63, 3.8) is 0 Å². The lowest BCUT2D eigenvalue weighted by Crippen LogP contribution is -2.30. The van der Waals surface area contributed by atoms with Gasteiger partial charge in [0, 0.05) is 6.04 Å². The number of hydrogen-bond donors (Lipinski definition) is 2. The molecule has 0 aromatic heterocycles. The molecule has 1 unspecified atom stereocenters. The van der Waals surface area contributed by atoms with Gasteiger partial charge in [-0.2, -0.15) is 0 Å². The average Bonchev–Trinajstić information content (AvgIpc) is 2.45. The van der Waals surface area contributed by atoms with Gasteiger partial charge in [-0.15, -0.1) is 0 Å². The Morgan fingerprint density at radius 1 is 1.40 bits per heavy atom. The van der Waals surface area contributed by atoms with Gasteiger partial charge in [-0.05, 0) is 62.8 Å². The lowest BCUT2D eigenvalue weighted by molar-refractivity contribution is -0.143. The zero-order valence-electron chi connectivity index (χ0n) is 11.8. The summed E-state index contributed by atoms with van der Waals surface area (Å²) in [6.07, 6.45) is 3.46. The van der Waals surface area contributed by atoms with E-state index in [1.807, 2.05) is 13.0 Å². The number of carboxylic acids is 1. The van der Waals surface area contributed by atoms with E-state index in [0.717, 1.165) is 37.8 Å². The fourth-order valence-electron chi connectivity index (χ4n) is 2.85. The fraction of sp³-hybridized carbons (Fsp3) is 0.562. The van der Waals surface area contributed by atoms with Gasteiger partial charge in [0.25, 0.3) is 0 Å². The first-order chi connectivity index (χ1) is 9.56. The summed E-state index contributed by atoms with van der Waals surface area (Å²) >= 11 is 0. The van der Waals surface area contributed by atoms with Crippen LogP contribution < -0.4 is 5.32 Å². The molecule has 20 heavy (non-hydrogen) atoms. The molecule has 1 atom stereocenters. The average molecular weight is 279 g/mol. The van der Waals surface area contributed by atoms with Crippen molar-refractivity contribution in [1.82, 2.24) is 5.32 Å². The summed E-state index contributed by atoms with van der Waals surface area (Å²) in [5.74, 6) is -0.504. The van der Waals surface area contributed by atoms with Gasteiger partial charge < -0.3 is 10.4 Å². The molecule has 2 N–H and O–H groups in total. The molecule has 1 aliphatic rings. The number of carbonyl (C=O) groups is 1. The zero-order chi connectivity index (χ0) is 14.5. The molecular weight excluding hydrogens is 257 g/mol. The molecule has 110 valence electrons. The summed E-state index contributed by atoms with van der Waals surface area (Å²) < 4.78 is 13.2. The number of benzene rings is 1. The molecule has 1 fully saturated rings. The van der Waals surface area contributed by atoms with Crippen LogP contribution >= 0.6 is 0 Å². The first kappa shape index (κ1) is 15.0. The minimum Gasteiger partial charge on any atom is -0.481 e. The normalized spacial score (nSPS) is 24.3. The number of halogens is 1. The van der Waals surface area contributed by atoms with E-state index in [2.05, 4.69) is 5.32 Å². The molecule has 1 aliphatic carbocycles. The SMILES string of the molecule is CC(NCC1CCC(C(=O)O)CC1)c1cccc(F)c1. The summed E-state index contributed by atoms with van der Waals surface area (Å²) in [5.41, 5.74) is 0.948. The van der Waals surface area contributed by atoms with Crippen molar-refractivity contribution in [2.45, 2.75) is 38.6 Å². The lowest BCUT2D eigenvalue weighted by Gasteiger charge is -2.27. The molecule has 0 saturated heterocycles. The Hall–Kier alpha value is -1.42. The van der Waals surface area contributed by atoms with Crippen LogP contribution in [0.3, 0.4) is 0 Å². The van der Waals surface area contributed by atoms with Gasteiger partial charge in [0.05, 0.1) is 5.92 Å². The number of rotatable bonds is 5. The lowest BCUT2D eigenvalue weighted by atomic mass is 9.82. The highest BCUT2D eigenvalue weighted by Crippen LogP contribution is 2.29. The maximum atomic E-state index is 13.2. The van der Waals surface area contributed by atoms with E-state index in [0.29, 0.717) is 5.92 Å². The van der Waals surface area contributed by atoms with Crippen LogP contribution in [0.15, 0.2) is 24.3 Å². The van der Waals surface area contributed by atoms with Gasteiger partial charge in [-0.25, -0.2) is 4.39 Å². The predicted octanol–water partition coefficient (Wildman–Crippen LogP) is 3.37. The Labute approximate surface area is 119 Å². The summed E-state index contributed by atoms with van der Waals surface area (Å²) in [5, 5.41) is 12.4. The van der Waals surface area contributed by atoms with Gasteiger partial charge in [-0.3, -0.25) is 4.79 Å². The van der Waals surface area contributed by atoms with Crippen molar-refractivity contribution in [1.29, 1.82) is 0 Å². The highest BCUT2D eigenvalue weighted by molar-refractivity contribution is 5.69. The van der Waals surface area contributed by atoms with Crippen LogP contribution in [0.1, 0.15) is 44.2 Å². The van der Waals surface area contributed by atoms with E-state index < -0.39 is 5.97 Å². The molecule has 0 amide bonds. The quantitative estimate of drug-likeness (QED) is 0.869. The Morgan fingerprint density at radius 2 is 2.10 bits per heavy atom. The smallest absolute Gasteiger partial charge is 0.306 e. The highest BCUT2D eigenvalue weighted by atomic mass is 19.1. The molecule has 0 bridgehead atoms. The molecule has 0 heterocycles. The summed E-state index contributed by atoms with van der Waals surface area (Å²) in [6, 6.07) is 6.76. The van der Waals surface area contributed by atoms with Crippen LogP contribution in [0, 0.1) is 17.7 Å². The summed E-state index contributed by atoms with van der Waals surface area (Å²) in [6.45, 7) is 2.89. The number of aliphatic carboxylic acids is 1. The Kier molecular flexibility index (Phi) is 5.12. The van der Waals surface area contributed by atoms with Crippen molar-refractivity contribution in [2.24, 2.45) is 11.8 Å². The Morgan fingerprint density at radius 3 is 2.70 bits per heavy atom. The molecule has 0 spiro atoms. The second kappa shape index (κ2) is 6.84. The summed E-state index contributed by atoms with van der Waals surface area (Å²) in [7, 11) is 0. The third kappa shape index (κ3) is 4.04. The maximum absolute atomic E-state index is 13.2. The number of nitrogens with one attached hydrogen (secondary N) is 1. The third-order valence-corrected chi connectivity index (χ3v) is 4.26. The third-order valence-electron chi connectivity index (χ3n) is 4.26. The van der Waals surface area contributed by atoms with Crippen molar-refractivity contribution >= 4 is 5.97 Å². The van der Waals surface area contributed by atoms with Gasteiger partial charge in [0.2, 0.25) is 0 Å². The van der Waals surface area contributed by atoms with Crippen LogP contribution in [0.5, 0.6) is 0 Å². The first-order valence-electron chi connectivity index (χ1n) is 7.28. The van der Waals surface area contributed by atoms with E-state index in [-0.39, 0.29) is 17.8 Å². The minimum absolute atomic E-state index is 0.114. The first-order valence-corrected chi connectivity index (χ1v) is 7.28. The number of carboxylic acid groups (broad SMARTS) is 1. The summed E-state index contributed by atoms with van der Waals surface area (Å²) in [4.78, 5) is 10.9. The van der Waals surface area contributed by atoms with Gasteiger partial charge in [-0.1, -0.05) is 12.1 Å². The zero-order valence-corrected chi connectivity index (χ0v) is 11.8. The van der Waals surface area contributed by atoms with E-state index in [9.17, 15) is 9.18 Å². The maximum Gasteiger partial charge on any atom is 0.306 e. The minimum atomic E-state index is -0.662. The van der Waals surface area contributed by atoms with Crippen molar-refractivity contribution in [2.75, 3.05) is 6.54 Å². The van der Waals surface area contributed by atoms with Crippen LogP contribution in [-0.2, 0) is 4.79 Å². The van der Waals surface area contributed by atoms with Gasteiger partial charge in [0.1, 0.15) is 5.82 Å². The predicted molar refractivity (Wildman–Crippen MR) is 75.9 cm³/mol. The second-order valence-corrected chi connectivity index (χ2v) is 5.74. The topological polar surface area (TPSA) is 49.3 Å². The van der Waals surface area contributed by atoms with Crippen molar-refractivity contribution in [3.05, 3.63) is 35.6 Å². The molecule has 2 rings (SSSR count). The standard InChI is InChI=1S/C16H22FNO2/c1-11(14-3-2-4-15(17)9-14)18-10-12-5-7-13(8-6-12)16(19)20/h2-4,9,11-13,18H,5-8,10H2,1H3,(H,19,20).